The standard InChI is InChI=1S/C22H23F3N4O3S/c23-22(24,25)16-4-1-2-5-17(16)27-20(30)13-28-8-3-9-29(11-10-28)21(33)26-15-6-7-18-19(12-15)32-14-31-18/h1-2,4-7,12H,3,8-11,13-14H2,(H,26,33)(H,27,30). The number of halogens is 3. The maximum atomic E-state index is 13.2. The summed E-state index contributed by atoms with van der Waals surface area (Å²) in [5.41, 5.74) is -0.311. The molecule has 1 saturated heterocycles. The van der Waals surface area contributed by atoms with Crippen LogP contribution in [0.2, 0.25) is 0 Å². The van der Waals surface area contributed by atoms with E-state index in [9.17, 15) is 18.0 Å². The van der Waals surface area contributed by atoms with Gasteiger partial charge in [0.2, 0.25) is 12.7 Å². The van der Waals surface area contributed by atoms with Crippen LogP contribution in [0.5, 0.6) is 11.5 Å². The first-order valence-corrected chi connectivity index (χ1v) is 10.8. The minimum atomic E-state index is -4.53. The molecule has 0 aliphatic carbocycles. The van der Waals surface area contributed by atoms with Crippen molar-refractivity contribution in [3.8, 4) is 11.5 Å². The third-order valence-corrected chi connectivity index (χ3v) is 5.73. The number of hydrogen-bond acceptors (Lipinski definition) is 5. The van der Waals surface area contributed by atoms with Crippen molar-refractivity contribution in [1.29, 1.82) is 0 Å². The van der Waals surface area contributed by atoms with Crippen LogP contribution in [-0.2, 0) is 11.0 Å². The molecule has 176 valence electrons. The Morgan fingerprint density at radius 1 is 1.00 bits per heavy atom. The number of carbonyl (C=O) groups excluding carboxylic acids is 1. The number of ether oxygens (including phenoxy) is 2. The number of para-hydroxylation sites is 1. The highest BCUT2D eigenvalue weighted by molar-refractivity contribution is 7.80. The van der Waals surface area contributed by atoms with Gasteiger partial charge in [0.25, 0.3) is 0 Å². The smallest absolute Gasteiger partial charge is 0.418 e. The molecular formula is C22H23F3N4O3S. The van der Waals surface area contributed by atoms with Crippen LogP contribution in [0.15, 0.2) is 42.5 Å². The van der Waals surface area contributed by atoms with Crippen molar-refractivity contribution in [2.24, 2.45) is 0 Å². The zero-order valence-corrected chi connectivity index (χ0v) is 18.5. The quantitative estimate of drug-likeness (QED) is 0.646. The fraction of sp³-hybridized carbons (Fsp3) is 0.364. The minimum Gasteiger partial charge on any atom is -0.454 e. The van der Waals surface area contributed by atoms with Gasteiger partial charge in [-0.1, -0.05) is 12.1 Å². The first kappa shape index (κ1) is 23.1. The highest BCUT2D eigenvalue weighted by Gasteiger charge is 2.33. The highest BCUT2D eigenvalue weighted by Crippen LogP contribution is 2.35. The second-order valence-corrected chi connectivity index (χ2v) is 8.09. The number of anilines is 2. The Labute approximate surface area is 194 Å². The van der Waals surface area contributed by atoms with E-state index >= 15 is 0 Å². The van der Waals surface area contributed by atoms with E-state index in [1.165, 1.54) is 18.2 Å². The van der Waals surface area contributed by atoms with Crippen molar-refractivity contribution in [3.05, 3.63) is 48.0 Å². The number of thiocarbonyl (C=S) groups is 1. The number of alkyl halides is 3. The predicted octanol–water partition coefficient (Wildman–Crippen LogP) is 3.78. The van der Waals surface area contributed by atoms with Crippen LogP contribution < -0.4 is 20.1 Å². The van der Waals surface area contributed by atoms with E-state index in [0.717, 1.165) is 18.2 Å². The number of nitrogens with one attached hydrogen (secondary N) is 2. The molecule has 1 fully saturated rings. The van der Waals surface area contributed by atoms with Crippen LogP contribution in [0.1, 0.15) is 12.0 Å². The zero-order valence-electron chi connectivity index (χ0n) is 17.7. The van der Waals surface area contributed by atoms with Gasteiger partial charge >= 0.3 is 6.18 Å². The summed E-state index contributed by atoms with van der Waals surface area (Å²) in [6.45, 7) is 2.67. The van der Waals surface area contributed by atoms with Crippen LogP contribution in [0.25, 0.3) is 0 Å². The van der Waals surface area contributed by atoms with Crippen molar-refractivity contribution < 1.29 is 27.4 Å². The van der Waals surface area contributed by atoms with Crippen molar-refractivity contribution in [3.63, 3.8) is 0 Å². The molecule has 7 nitrogen and oxygen atoms in total. The van der Waals surface area contributed by atoms with E-state index in [1.54, 1.807) is 0 Å². The third-order valence-electron chi connectivity index (χ3n) is 5.37. The van der Waals surface area contributed by atoms with Crippen LogP contribution in [0.3, 0.4) is 0 Å². The molecule has 2 aliphatic rings. The van der Waals surface area contributed by atoms with Crippen LogP contribution in [-0.4, -0.2) is 60.3 Å². The molecule has 0 unspecified atom stereocenters. The average Bonchev–Trinajstić information content (AvgIpc) is 3.10. The summed E-state index contributed by atoms with van der Waals surface area (Å²) < 4.78 is 50.1. The van der Waals surface area contributed by atoms with E-state index in [4.69, 9.17) is 21.7 Å². The van der Waals surface area contributed by atoms with Gasteiger partial charge in [0.05, 0.1) is 17.8 Å². The maximum Gasteiger partial charge on any atom is 0.418 e. The van der Waals surface area contributed by atoms with Gasteiger partial charge in [-0.3, -0.25) is 9.69 Å². The lowest BCUT2D eigenvalue weighted by Crippen LogP contribution is -2.39. The first-order chi connectivity index (χ1) is 15.8. The second kappa shape index (κ2) is 9.84. The molecule has 0 aromatic heterocycles. The average molecular weight is 481 g/mol. The highest BCUT2D eigenvalue weighted by atomic mass is 32.1. The first-order valence-electron chi connectivity index (χ1n) is 10.4. The number of rotatable bonds is 4. The maximum absolute atomic E-state index is 13.2. The van der Waals surface area contributed by atoms with Crippen LogP contribution in [0.4, 0.5) is 24.5 Å². The monoisotopic (exact) mass is 480 g/mol. The SMILES string of the molecule is O=C(CN1CCCN(C(=S)Nc2ccc3c(c2)OCO3)CC1)Nc1ccccc1C(F)(F)F. The molecule has 0 atom stereocenters. The lowest BCUT2D eigenvalue weighted by atomic mass is 10.1. The largest absolute Gasteiger partial charge is 0.454 e. The number of nitrogens with zero attached hydrogens (tertiary/aromatic N) is 2. The van der Waals surface area contributed by atoms with Crippen molar-refractivity contribution in [2.75, 3.05) is 50.2 Å². The van der Waals surface area contributed by atoms with Crippen LogP contribution in [0, 0.1) is 0 Å². The van der Waals surface area contributed by atoms with Gasteiger partial charge in [0, 0.05) is 37.9 Å². The Kier molecular flexibility index (Phi) is 6.89. The number of fused-ring (bicyclic) bond motifs is 1. The molecule has 2 heterocycles. The summed E-state index contributed by atoms with van der Waals surface area (Å²) >= 11 is 5.54. The molecule has 2 aromatic carbocycles. The Balaban J connectivity index is 1.29. The Hall–Kier alpha value is -3.05. The Morgan fingerprint density at radius 3 is 2.61 bits per heavy atom. The van der Waals surface area contributed by atoms with E-state index in [2.05, 4.69) is 10.6 Å². The molecule has 33 heavy (non-hydrogen) atoms. The minimum absolute atomic E-state index is 0.00236. The van der Waals surface area contributed by atoms with Gasteiger partial charge in [-0.05, 0) is 42.9 Å². The molecule has 1 amide bonds. The van der Waals surface area contributed by atoms with Crippen molar-refractivity contribution >= 4 is 34.6 Å². The molecule has 2 aromatic rings. The summed E-state index contributed by atoms with van der Waals surface area (Å²) in [4.78, 5) is 16.3. The fourth-order valence-electron chi connectivity index (χ4n) is 3.74. The van der Waals surface area contributed by atoms with Gasteiger partial charge in [0.1, 0.15) is 0 Å². The van der Waals surface area contributed by atoms with E-state index in [0.29, 0.717) is 42.8 Å². The summed E-state index contributed by atoms with van der Waals surface area (Å²) in [5, 5.41) is 6.15. The molecule has 0 spiro atoms. The Bertz CT molecular complexity index is 1030. The van der Waals surface area contributed by atoms with Crippen LogP contribution >= 0.6 is 12.2 Å². The van der Waals surface area contributed by atoms with Gasteiger partial charge in [-0.25, -0.2) is 0 Å². The molecule has 0 radical (unpaired) electrons. The van der Waals surface area contributed by atoms with Gasteiger partial charge in [0.15, 0.2) is 16.6 Å². The summed E-state index contributed by atoms with van der Waals surface area (Å²) in [5.74, 6) is 0.858. The predicted molar refractivity (Wildman–Crippen MR) is 121 cm³/mol. The van der Waals surface area contributed by atoms with Crippen molar-refractivity contribution in [2.45, 2.75) is 12.6 Å². The van der Waals surface area contributed by atoms with Crippen molar-refractivity contribution in [1.82, 2.24) is 9.80 Å². The molecule has 2 aliphatic heterocycles. The number of benzene rings is 2. The third kappa shape index (κ3) is 5.85. The van der Waals surface area contributed by atoms with Gasteiger partial charge < -0.3 is 25.0 Å². The topological polar surface area (TPSA) is 66.1 Å². The summed E-state index contributed by atoms with van der Waals surface area (Å²) in [6.07, 6.45) is -3.77. The number of hydrogen-bond donors (Lipinski definition) is 2. The van der Waals surface area contributed by atoms with E-state index in [-0.39, 0.29) is 19.0 Å². The van der Waals surface area contributed by atoms with E-state index < -0.39 is 17.6 Å². The molecule has 0 bridgehead atoms. The van der Waals surface area contributed by atoms with Gasteiger partial charge in [-0.15, -0.1) is 0 Å². The number of amides is 1. The Morgan fingerprint density at radius 2 is 1.79 bits per heavy atom. The molecular weight excluding hydrogens is 457 g/mol. The van der Waals surface area contributed by atoms with Gasteiger partial charge in [-0.2, -0.15) is 13.2 Å². The van der Waals surface area contributed by atoms with E-state index in [1.807, 2.05) is 28.0 Å². The lowest BCUT2D eigenvalue weighted by molar-refractivity contribution is -0.137. The fourth-order valence-corrected chi connectivity index (χ4v) is 4.04. The molecule has 4 rings (SSSR count). The second-order valence-electron chi connectivity index (χ2n) is 7.71. The summed E-state index contributed by atoms with van der Waals surface area (Å²) in [6, 6.07) is 10.5. The normalized spacial score (nSPS) is 16.3. The molecule has 2 N–H and O–H groups in total. The summed E-state index contributed by atoms with van der Waals surface area (Å²) in [7, 11) is 0. The number of carbonyl (C=O) groups is 1. The lowest BCUT2D eigenvalue weighted by Gasteiger charge is -2.24. The zero-order chi connectivity index (χ0) is 23.4. The molecule has 0 saturated carbocycles. The molecule has 11 heteroatoms.